The Balaban J connectivity index is 1.62. The highest BCUT2D eigenvalue weighted by Crippen LogP contribution is 2.36. The fraction of sp³-hybridized carbons (Fsp3) is 0.600. The first-order valence-electron chi connectivity index (χ1n) is 9.40. The van der Waals surface area contributed by atoms with Crippen molar-refractivity contribution in [3.63, 3.8) is 0 Å². The standard InChI is InChI=1S/C20H27IN2O3/c1-13-18(24)23-16-11-14(6-7-17(16)26-13)12-22-19(25)20(2)9-4-3-5-15(21)8-10-20/h6-7,11,13,15H,3-5,8-10,12H2,1-2H3,(H,22,25)(H,23,24)/t13-,15?,20?/m0/s1. The summed E-state index contributed by atoms with van der Waals surface area (Å²) in [6, 6.07) is 5.66. The normalized spacial score (nSPS) is 28.8. The van der Waals surface area contributed by atoms with Gasteiger partial charge < -0.3 is 15.4 Å². The molecule has 1 heterocycles. The predicted molar refractivity (Wildman–Crippen MR) is 111 cm³/mol. The van der Waals surface area contributed by atoms with Crippen LogP contribution in [0.25, 0.3) is 0 Å². The Hall–Kier alpha value is -1.31. The quantitative estimate of drug-likeness (QED) is 0.515. The van der Waals surface area contributed by atoms with Gasteiger partial charge in [0.25, 0.3) is 5.91 Å². The van der Waals surface area contributed by atoms with Crippen LogP contribution < -0.4 is 15.4 Å². The minimum atomic E-state index is -0.478. The summed E-state index contributed by atoms with van der Waals surface area (Å²) in [5.74, 6) is 0.663. The number of hydrogen-bond acceptors (Lipinski definition) is 3. The molecule has 1 fully saturated rings. The molecule has 5 nitrogen and oxygen atoms in total. The largest absolute Gasteiger partial charge is 0.479 e. The van der Waals surface area contributed by atoms with Crippen LogP contribution >= 0.6 is 22.6 Å². The van der Waals surface area contributed by atoms with E-state index < -0.39 is 6.10 Å². The second-order valence-electron chi connectivity index (χ2n) is 7.70. The van der Waals surface area contributed by atoms with Crippen LogP contribution in [0, 0.1) is 5.41 Å². The lowest BCUT2D eigenvalue weighted by Crippen LogP contribution is -2.39. The van der Waals surface area contributed by atoms with Crippen molar-refractivity contribution in [2.24, 2.45) is 5.41 Å². The zero-order chi connectivity index (χ0) is 18.7. The Kier molecular flexibility index (Phi) is 6.10. The molecule has 1 aliphatic heterocycles. The summed E-state index contributed by atoms with van der Waals surface area (Å²) in [4.78, 5) is 24.6. The van der Waals surface area contributed by atoms with Crippen molar-refractivity contribution in [1.82, 2.24) is 5.32 Å². The molecule has 0 spiro atoms. The highest BCUT2D eigenvalue weighted by Gasteiger charge is 2.34. The van der Waals surface area contributed by atoms with Gasteiger partial charge in [-0.3, -0.25) is 9.59 Å². The van der Waals surface area contributed by atoms with E-state index in [1.54, 1.807) is 6.92 Å². The molecule has 3 rings (SSSR count). The number of halogens is 1. The summed E-state index contributed by atoms with van der Waals surface area (Å²) in [6.45, 7) is 4.28. The zero-order valence-electron chi connectivity index (χ0n) is 15.4. The van der Waals surface area contributed by atoms with Crippen LogP contribution in [0.4, 0.5) is 5.69 Å². The Morgan fingerprint density at radius 1 is 1.35 bits per heavy atom. The van der Waals surface area contributed by atoms with Crippen molar-refractivity contribution in [2.45, 2.75) is 68.9 Å². The van der Waals surface area contributed by atoms with Crippen LogP contribution in [-0.2, 0) is 16.1 Å². The Labute approximate surface area is 168 Å². The van der Waals surface area contributed by atoms with Gasteiger partial charge in [0.05, 0.1) is 5.69 Å². The average molecular weight is 470 g/mol. The topological polar surface area (TPSA) is 67.4 Å². The van der Waals surface area contributed by atoms with E-state index in [1.807, 2.05) is 18.2 Å². The highest BCUT2D eigenvalue weighted by molar-refractivity contribution is 14.1. The second kappa shape index (κ2) is 8.15. The number of rotatable bonds is 3. The summed E-state index contributed by atoms with van der Waals surface area (Å²) in [6.07, 6.45) is 6.11. The monoisotopic (exact) mass is 470 g/mol. The van der Waals surface area contributed by atoms with E-state index >= 15 is 0 Å². The number of anilines is 1. The number of carbonyl (C=O) groups excluding carboxylic acids is 2. The second-order valence-corrected chi connectivity index (χ2v) is 9.47. The van der Waals surface area contributed by atoms with Gasteiger partial charge in [0.15, 0.2) is 6.10 Å². The molecule has 1 aromatic rings. The summed E-state index contributed by atoms with van der Waals surface area (Å²) in [5.41, 5.74) is 1.34. The van der Waals surface area contributed by atoms with Crippen LogP contribution in [0.5, 0.6) is 5.75 Å². The summed E-state index contributed by atoms with van der Waals surface area (Å²) >= 11 is 2.51. The smallest absolute Gasteiger partial charge is 0.265 e. The molecular weight excluding hydrogens is 443 g/mol. The number of nitrogens with one attached hydrogen (secondary N) is 2. The van der Waals surface area contributed by atoms with E-state index in [2.05, 4.69) is 40.1 Å². The van der Waals surface area contributed by atoms with Crippen molar-refractivity contribution in [1.29, 1.82) is 0 Å². The molecule has 1 aliphatic carbocycles. The van der Waals surface area contributed by atoms with Crippen molar-refractivity contribution >= 4 is 40.1 Å². The number of carbonyl (C=O) groups is 2. The van der Waals surface area contributed by atoms with Gasteiger partial charge in [-0.1, -0.05) is 48.4 Å². The summed E-state index contributed by atoms with van der Waals surface area (Å²) in [7, 11) is 0. The average Bonchev–Trinajstić information content (AvgIpc) is 2.61. The number of benzene rings is 1. The van der Waals surface area contributed by atoms with Gasteiger partial charge in [-0.25, -0.2) is 0 Å². The molecule has 0 radical (unpaired) electrons. The van der Waals surface area contributed by atoms with Crippen LogP contribution in [-0.4, -0.2) is 21.8 Å². The molecule has 26 heavy (non-hydrogen) atoms. The molecular formula is C20H27IN2O3. The Bertz CT molecular complexity index is 694. The predicted octanol–water partition coefficient (Wildman–Crippen LogP) is 4.19. The molecule has 2 aliphatic rings. The van der Waals surface area contributed by atoms with E-state index in [1.165, 1.54) is 12.8 Å². The molecule has 1 saturated carbocycles. The van der Waals surface area contributed by atoms with Crippen LogP contribution in [0.3, 0.4) is 0 Å². The molecule has 2 N–H and O–H groups in total. The van der Waals surface area contributed by atoms with Crippen LogP contribution in [0.2, 0.25) is 0 Å². The summed E-state index contributed by atoms with van der Waals surface area (Å²) < 4.78 is 6.24. The van der Waals surface area contributed by atoms with Gasteiger partial charge in [-0.15, -0.1) is 0 Å². The molecule has 2 amide bonds. The van der Waals surface area contributed by atoms with Crippen LogP contribution in [0.1, 0.15) is 57.9 Å². The van der Waals surface area contributed by atoms with Crippen molar-refractivity contribution < 1.29 is 14.3 Å². The van der Waals surface area contributed by atoms with Crippen molar-refractivity contribution in [2.75, 3.05) is 5.32 Å². The molecule has 0 saturated heterocycles. The minimum Gasteiger partial charge on any atom is -0.479 e. The molecule has 6 heteroatoms. The SMILES string of the molecule is C[C@@H]1Oc2ccc(CNC(=O)C3(C)CCCCC(I)CC3)cc2NC1=O. The van der Waals surface area contributed by atoms with E-state index in [9.17, 15) is 9.59 Å². The van der Waals surface area contributed by atoms with Gasteiger partial charge in [0.2, 0.25) is 5.91 Å². The molecule has 0 aromatic heterocycles. The molecule has 142 valence electrons. The van der Waals surface area contributed by atoms with Gasteiger partial charge >= 0.3 is 0 Å². The lowest BCUT2D eigenvalue weighted by molar-refractivity contribution is -0.131. The fourth-order valence-electron chi connectivity index (χ4n) is 3.61. The first-order valence-corrected chi connectivity index (χ1v) is 10.6. The molecule has 0 bridgehead atoms. The van der Waals surface area contributed by atoms with Gasteiger partial charge in [-0.05, 0) is 50.3 Å². The van der Waals surface area contributed by atoms with Gasteiger partial charge in [0, 0.05) is 15.9 Å². The molecule has 1 aromatic carbocycles. The lowest BCUT2D eigenvalue weighted by atomic mass is 9.77. The first kappa shape index (κ1) is 19.5. The number of alkyl halides is 1. The van der Waals surface area contributed by atoms with Gasteiger partial charge in [0.1, 0.15) is 5.75 Å². The minimum absolute atomic E-state index is 0.134. The maximum atomic E-state index is 12.8. The number of amides is 2. The maximum absolute atomic E-state index is 12.8. The van der Waals surface area contributed by atoms with Crippen molar-refractivity contribution in [3.05, 3.63) is 23.8 Å². The first-order chi connectivity index (χ1) is 12.4. The summed E-state index contributed by atoms with van der Waals surface area (Å²) in [5, 5.41) is 5.96. The molecule has 3 atom stereocenters. The Morgan fingerprint density at radius 3 is 2.96 bits per heavy atom. The van der Waals surface area contributed by atoms with Crippen LogP contribution in [0.15, 0.2) is 18.2 Å². The third-order valence-corrected chi connectivity index (χ3v) is 6.73. The van der Waals surface area contributed by atoms with E-state index in [4.69, 9.17) is 4.74 Å². The zero-order valence-corrected chi connectivity index (χ0v) is 17.6. The third-order valence-electron chi connectivity index (χ3n) is 5.48. The highest BCUT2D eigenvalue weighted by atomic mass is 127. The lowest BCUT2D eigenvalue weighted by Gasteiger charge is -2.31. The van der Waals surface area contributed by atoms with E-state index in [0.717, 1.165) is 31.2 Å². The van der Waals surface area contributed by atoms with Crippen molar-refractivity contribution in [3.8, 4) is 5.75 Å². The Morgan fingerprint density at radius 2 is 2.15 bits per heavy atom. The maximum Gasteiger partial charge on any atom is 0.265 e. The van der Waals surface area contributed by atoms with E-state index in [-0.39, 0.29) is 17.2 Å². The van der Waals surface area contributed by atoms with Gasteiger partial charge in [-0.2, -0.15) is 0 Å². The number of fused-ring (bicyclic) bond motifs is 1. The number of ether oxygens (including phenoxy) is 1. The fourth-order valence-corrected chi connectivity index (χ4v) is 4.37. The van der Waals surface area contributed by atoms with E-state index in [0.29, 0.717) is 21.9 Å². The molecule has 2 unspecified atom stereocenters. The number of hydrogen-bond donors (Lipinski definition) is 2. The third kappa shape index (κ3) is 4.50.